The second-order valence-corrected chi connectivity index (χ2v) is 5.51. The maximum atomic E-state index is 12.8. The first-order chi connectivity index (χ1) is 12.5. The van der Waals surface area contributed by atoms with E-state index < -0.39 is 5.82 Å². The van der Waals surface area contributed by atoms with E-state index in [1.165, 1.54) is 24.3 Å². The summed E-state index contributed by atoms with van der Waals surface area (Å²) in [6.07, 6.45) is 0.133. The number of hydrogen-bond donors (Lipinski definition) is 2. The van der Waals surface area contributed by atoms with Crippen molar-refractivity contribution in [2.45, 2.75) is 13.0 Å². The third-order valence-corrected chi connectivity index (χ3v) is 3.64. The Balaban J connectivity index is 1.77. The lowest BCUT2D eigenvalue weighted by molar-refractivity contribution is -0.121. The van der Waals surface area contributed by atoms with Gasteiger partial charge in [0.1, 0.15) is 17.3 Å². The first-order valence-electron chi connectivity index (χ1n) is 8.04. The lowest BCUT2D eigenvalue weighted by Gasteiger charge is -2.10. The van der Waals surface area contributed by atoms with Crippen LogP contribution in [-0.4, -0.2) is 32.6 Å². The van der Waals surface area contributed by atoms with Crippen LogP contribution in [0.4, 0.5) is 4.39 Å². The number of benzene rings is 2. The minimum absolute atomic E-state index is 0.133. The Morgan fingerprint density at radius 2 is 1.58 bits per heavy atom. The molecular formula is C19H21FN2O4. The van der Waals surface area contributed by atoms with Gasteiger partial charge in [-0.25, -0.2) is 4.39 Å². The van der Waals surface area contributed by atoms with Crippen molar-refractivity contribution in [1.29, 1.82) is 0 Å². The number of halogens is 1. The molecule has 0 bridgehead atoms. The molecule has 0 unspecified atom stereocenters. The van der Waals surface area contributed by atoms with E-state index >= 15 is 0 Å². The minimum Gasteiger partial charge on any atom is -0.497 e. The third-order valence-electron chi connectivity index (χ3n) is 3.64. The highest BCUT2D eigenvalue weighted by atomic mass is 19.1. The molecule has 2 aromatic rings. The molecule has 2 aromatic carbocycles. The van der Waals surface area contributed by atoms with Gasteiger partial charge in [0, 0.05) is 31.1 Å². The Hall–Kier alpha value is -3.09. The fourth-order valence-corrected chi connectivity index (χ4v) is 2.25. The first kappa shape index (κ1) is 19.2. The van der Waals surface area contributed by atoms with Crippen LogP contribution < -0.4 is 20.1 Å². The summed E-state index contributed by atoms with van der Waals surface area (Å²) < 4.78 is 23.2. The number of hydrogen-bond acceptors (Lipinski definition) is 4. The Labute approximate surface area is 151 Å². The van der Waals surface area contributed by atoms with E-state index in [9.17, 15) is 14.0 Å². The molecule has 2 rings (SSSR count). The van der Waals surface area contributed by atoms with Gasteiger partial charge in [-0.05, 0) is 42.0 Å². The minimum atomic E-state index is -0.407. The SMILES string of the molecule is COc1cc(CNC(=O)CCNC(=O)c2ccc(F)cc2)cc(OC)c1. The zero-order chi connectivity index (χ0) is 18.9. The fourth-order valence-electron chi connectivity index (χ4n) is 2.25. The van der Waals surface area contributed by atoms with Crippen molar-refractivity contribution in [2.75, 3.05) is 20.8 Å². The summed E-state index contributed by atoms with van der Waals surface area (Å²) in [5.74, 6) is 0.317. The molecule has 2 N–H and O–H groups in total. The van der Waals surface area contributed by atoms with Crippen LogP contribution in [0.15, 0.2) is 42.5 Å². The van der Waals surface area contributed by atoms with Gasteiger partial charge in [0.25, 0.3) is 5.91 Å². The number of nitrogens with one attached hydrogen (secondary N) is 2. The monoisotopic (exact) mass is 360 g/mol. The second kappa shape index (κ2) is 9.41. The molecule has 0 heterocycles. The van der Waals surface area contributed by atoms with Crippen molar-refractivity contribution in [3.8, 4) is 11.5 Å². The van der Waals surface area contributed by atoms with Crippen molar-refractivity contribution >= 4 is 11.8 Å². The Morgan fingerprint density at radius 3 is 2.15 bits per heavy atom. The number of carbonyl (C=O) groups excluding carboxylic acids is 2. The molecule has 0 radical (unpaired) electrons. The predicted molar refractivity (Wildman–Crippen MR) is 94.7 cm³/mol. The van der Waals surface area contributed by atoms with E-state index in [0.717, 1.165) is 5.56 Å². The largest absolute Gasteiger partial charge is 0.497 e. The number of ether oxygens (including phenoxy) is 2. The van der Waals surface area contributed by atoms with Gasteiger partial charge < -0.3 is 20.1 Å². The number of carbonyl (C=O) groups is 2. The van der Waals surface area contributed by atoms with Crippen molar-refractivity contribution in [3.05, 3.63) is 59.4 Å². The molecule has 138 valence electrons. The summed E-state index contributed by atoms with van der Waals surface area (Å²) in [4.78, 5) is 23.8. The highest BCUT2D eigenvalue weighted by molar-refractivity contribution is 5.94. The van der Waals surface area contributed by atoms with E-state index in [4.69, 9.17) is 9.47 Å². The Morgan fingerprint density at radius 1 is 0.962 bits per heavy atom. The highest BCUT2D eigenvalue weighted by Gasteiger charge is 2.08. The topological polar surface area (TPSA) is 76.7 Å². The van der Waals surface area contributed by atoms with Crippen LogP contribution in [-0.2, 0) is 11.3 Å². The summed E-state index contributed by atoms with van der Waals surface area (Å²) in [7, 11) is 3.11. The Kier molecular flexibility index (Phi) is 6.96. The van der Waals surface area contributed by atoms with E-state index in [-0.39, 0.29) is 24.8 Å². The highest BCUT2D eigenvalue weighted by Crippen LogP contribution is 2.22. The zero-order valence-electron chi connectivity index (χ0n) is 14.7. The van der Waals surface area contributed by atoms with Gasteiger partial charge in [0.2, 0.25) is 5.91 Å². The average Bonchev–Trinajstić information content (AvgIpc) is 2.66. The van der Waals surface area contributed by atoms with Gasteiger partial charge in [-0.15, -0.1) is 0 Å². The van der Waals surface area contributed by atoms with Crippen molar-refractivity contribution in [3.63, 3.8) is 0 Å². The van der Waals surface area contributed by atoms with E-state index in [1.54, 1.807) is 32.4 Å². The third kappa shape index (κ3) is 5.77. The van der Waals surface area contributed by atoms with Gasteiger partial charge in [0.05, 0.1) is 14.2 Å². The molecule has 7 heteroatoms. The van der Waals surface area contributed by atoms with Crippen LogP contribution in [0.25, 0.3) is 0 Å². The summed E-state index contributed by atoms with van der Waals surface area (Å²) in [6, 6.07) is 10.6. The molecule has 0 aliphatic carbocycles. The van der Waals surface area contributed by atoms with E-state index in [2.05, 4.69) is 10.6 Å². The molecular weight excluding hydrogens is 339 g/mol. The quantitative estimate of drug-likeness (QED) is 0.757. The van der Waals surface area contributed by atoms with Crippen LogP contribution >= 0.6 is 0 Å². The van der Waals surface area contributed by atoms with Crippen molar-refractivity contribution < 1.29 is 23.5 Å². The van der Waals surface area contributed by atoms with Gasteiger partial charge >= 0.3 is 0 Å². The molecule has 0 saturated heterocycles. The van der Waals surface area contributed by atoms with Crippen LogP contribution in [0.5, 0.6) is 11.5 Å². The molecule has 0 saturated carbocycles. The van der Waals surface area contributed by atoms with Crippen LogP contribution in [0.2, 0.25) is 0 Å². The second-order valence-electron chi connectivity index (χ2n) is 5.51. The number of amides is 2. The molecule has 26 heavy (non-hydrogen) atoms. The number of rotatable bonds is 8. The van der Waals surface area contributed by atoms with Gasteiger partial charge in [-0.1, -0.05) is 0 Å². The van der Waals surface area contributed by atoms with Crippen LogP contribution in [0.1, 0.15) is 22.3 Å². The molecule has 0 aromatic heterocycles. The summed E-state index contributed by atoms with van der Waals surface area (Å²) >= 11 is 0. The fraction of sp³-hybridized carbons (Fsp3) is 0.263. The molecule has 0 fully saturated rings. The molecule has 0 atom stereocenters. The van der Waals surface area contributed by atoms with Gasteiger partial charge in [0.15, 0.2) is 0 Å². The zero-order valence-corrected chi connectivity index (χ0v) is 14.7. The smallest absolute Gasteiger partial charge is 0.251 e. The molecule has 0 aliphatic heterocycles. The van der Waals surface area contributed by atoms with Crippen molar-refractivity contribution in [1.82, 2.24) is 10.6 Å². The van der Waals surface area contributed by atoms with Crippen LogP contribution in [0.3, 0.4) is 0 Å². The summed E-state index contributed by atoms with van der Waals surface area (Å²) in [5, 5.41) is 5.39. The molecule has 6 nitrogen and oxygen atoms in total. The maximum Gasteiger partial charge on any atom is 0.251 e. The van der Waals surface area contributed by atoms with Gasteiger partial charge in [-0.2, -0.15) is 0 Å². The standard InChI is InChI=1S/C19H21FN2O4/c1-25-16-9-13(10-17(11-16)26-2)12-22-18(23)7-8-21-19(24)14-3-5-15(20)6-4-14/h3-6,9-11H,7-8,12H2,1-2H3,(H,21,24)(H,22,23). The normalized spacial score (nSPS) is 10.1. The maximum absolute atomic E-state index is 12.8. The Bertz CT molecular complexity index is 740. The lowest BCUT2D eigenvalue weighted by atomic mass is 10.2. The van der Waals surface area contributed by atoms with E-state index in [0.29, 0.717) is 23.6 Å². The predicted octanol–water partition coefficient (Wildman–Crippen LogP) is 2.28. The van der Waals surface area contributed by atoms with Crippen molar-refractivity contribution in [2.24, 2.45) is 0 Å². The van der Waals surface area contributed by atoms with Gasteiger partial charge in [-0.3, -0.25) is 9.59 Å². The molecule has 0 spiro atoms. The summed E-state index contributed by atoms with van der Waals surface area (Å²) in [6.45, 7) is 0.502. The summed E-state index contributed by atoms with van der Waals surface area (Å²) in [5.41, 5.74) is 1.18. The first-order valence-corrected chi connectivity index (χ1v) is 8.04. The van der Waals surface area contributed by atoms with Crippen LogP contribution in [0, 0.1) is 5.82 Å². The lowest BCUT2D eigenvalue weighted by Crippen LogP contribution is -2.30. The molecule has 2 amide bonds. The number of methoxy groups -OCH3 is 2. The molecule has 0 aliphatic rings. The average molecular weight is 360 g/mol. The van der Waals surface area contributed by atoms with E-state index in [1.807, 2.05) is 0 Å².